The van der Waals surface area contributed by atoms with E-state index in [2.05, 4.69) is 10.9 Å². The second kappa shape index (κ2) is 9.47. The Morgan fingerprint density at radius 1 is 0.926 bits per heavy atom. The van der Waals surface area contributed by atoms with Crippen molar-refractivity contribution >= 4 is 11.8 Å². The number of ether oxygens (including phenoxy) is 3. The third kappa shape index (κ3) is 5.64. The van der Waals surface area contributed by atoms with E-state index in [0.717, 1.165) is 11.1 Å². The van der Waals surface area contributed by atoms with Crippen LogP contribution in [0.25, 0.3) is 0 Å². The Labute approximate surface area is 158 Å². The lowest BCUT2D eigenvalue weighted by atomic mass is 10.1. The largest absolute Gasteiger partial charge is 0.493 e. The monoisotopic (exact) mass is 372 g/mol. The minimum Gasteiger partial charge on any atom is -0.493 e. The zero-order valence-electron chi connectivity index (χ0n) is 15.9. The van der Waals surface area contributed by atoms with Gasteiger partial charge in [-0.2, -0.15) is 0 Å². The Morgan fingerprint density at radius 2 is 1.67 bits per heavy atom. The lowest BCUT2D eigenvalue weighted by Crippen LogP contribution is -2.43. The summed E-state index contributed by atoms with van der Waals surface area (Å²) >= 11 is 0. The molecule has 0 spiro atoms. The van der Waals surface area contributed by atoms with E-state index in [-0.39, 0.29) is 6.61 Å². The van der Waals surface area contributed by atoms with Crippen molar-refractivity contribution in [3.63, 3.8) is 0 Å². The summed E-state index contributed by atoms with van der Waals surface area (Å²) < 4.78 is 16.1. The van der Waals surface area contributed by atoms with Gasteiger partial charge in [-0.05, 0) is 50.6 Å². The van der Waals surface area contributed by atoms with Gasteiger partial charge in [-0.1, -0.05) is 17.7 Å². The summed E-state index contributed by atoms with van der Waals surface area (Å²) in [6.07, 6.45) is 0. The minimum absolute atomic E-state index is 0.212. The molecule has 2 rings (SSSR count). The summed E-state index contributed by atoms with van der Waals surface area (Å²) in [5.74, 6) is 0.659. The lowest BCUT2D eigenvalue weighted by Gasteiger charge is -2.12. The average molecular weight is 372 g/mol. The topological polar surface area (TPSA) is 85.9 Å². The molecule has 2 aromatic rings. The number of carbonyl (C=O) groups is 2. The van der Waals surface area contributed by atoms with E-state index in [0.29, 0.717) is 29.4 Å². The zero-order chi connectivity index (χ0) is 19.8. The van der Waals surface area contributed by atoms with Crippen molar-refractivity contribution in [3.8, 4) is 17.2 Å². The Balaban J connectivity index is 1.88. The fraction of sp³-hybridized carbons (Fsp3) is 0.300. The van der Waals surface area contributed by atoms with Crippen molar-refractivity contribution in [2.75, 3.05) is 20.3 Å². The molecule has 0 atom stereocenters. The second-order valence-electron chi connectivity index (χ2n) is 5.86. The molecule has 0 heterocycles. The number of benzene rings is 2. The standard InChI is InChI=1S/C20H24N2O5/c1-5-26-17-9-7-15(11-18(17)25-4)20(24)22-21-19(23)12-27-16-8-6-13(2)10-14(16)3/h6-11H,5,12H2,1-4H3,(H,21,23)(H,22,24). The normalized spacial score (nSPS) is 10.1. The fourth-order valence-corrected chi connectivity index (χ4v) is 2.42. The van der Waals surface area contributed by atoms with E-state index >= 15 is 0 Å². The lowest BCUT2D eigenvalue weighted by molar-refractivity contribution is -0.123. The molecule has 0 aliphatic heterocycles. The van der Waals surface area contributed by atoms with Crippen LogP contribution in [-0.4, -0.2) is 32.1 Å². The number of aryl methyl sites for hydroxylation is 2. The first kappa shape index (κ1) is 20.1. The maximum atomic E-state index is 12.2. The number of rotatable bonds is 7. The van der Waals surface area contributed by atoms with Crippen molar-refractivity contribution in [1.29, 1.82) is 0 Å². The molecule has 0 bridgehead atoms. The molecule has 0 saturated heterocycles. The van der Waals surface area contributed by atoms with Crippen LogP contribution in [0, 0.1) is 13.8 Å². The van der Waals surface area contributed by atoms with Crippen LogP contribution in [0.15, 0.2) is 36.4 Å². The molecule has 2 N–H and O–H groups in total. The maximum absolute atomic E-state index is 12.2. The van der Waals surface area contributed by atoms with Gasteiger partial charge in [-0.15, -0.1) is 0 Å². The molecule has 0 aliphatic carbocycles. The van der Waals surface area contributed by atoms with Crippen molar-refractivity contribution in [2.24, 2.45) is 0 Å². The highest BCUT2D eigenvalue weighted by atomic mass is 16.5. The Bertz CT molecular complexity index is 820. The van der Waals surface area contributed by atoms with Crippen LogP contribution in [0.4, 0.5) is 0 Å². The average Bonchev–Trinajstić information content (AvgIpc) is 2.66. The molecule has 0 radical (unpaired) electrons. The van der Waals surface area contributed by atoms with E-state index in [1.807, 2.05) is 39.0 Å². The first-order valence-electron chi connectivity index (χ1n) is 8.54. The highest BCUT2D eigenvalue weighted by molar-refractivity contribution is 5.96. The third-order valence-electron chi connectivity index (χ3n) is 3.73. The number of carbonyl (C=O) groups excluding carboxylic acids is 2. The quantitative estimate of drug-likeness (QED) is 0.730. The predicted molar refractivity (Wildman–Crippen MR) is 101 cm³/mol. The number of methoxy groups -OCH3 is 1. The van der Waals surface area contributed by atoms with Gasteiger partial charge in [0.05, 0.1) is 13.7 Å². The molecular formula is C20H24N2O5. The molecule has 7 heteroatoms. The second-order valence-corrected chi connectivity index (χ2v) is 5.86. The van der Waals surface area contributed by atoms with Gasteiger partial charge >= 0.3 is 0 Å². The van der Waals surface area contributed by atoms with Crippen LogP contribution >= 0.6 is 0 Å². The number of hydrogen-bond donors (Lipinski definition) is 2. The fourth-order valence-electron chi connectivity index (χ4n) is 2.42. The number of hydrazine groups is 1. The third-order valence-corrected chi connectivity index (χ3v) is 3.73. The number of amides is 2. The van der Waals surface area contributed by atoms with E-state index in [1.165, 1.54) is 7.11 Å². The molecule has 2 amide bonds. The van der Waals surface area contributed by atoms with Gasteiger partial charge in [0.2, 0.25) is 0 Å². The smallest absolute Gasteiger partial charge is 0.276 e. The van der Waals surface area contributed by atoms with Crippen LogP contribution in [0.1, 0.15) is 28.4 Å². The molecule has 0 aromatic heterocycles. The summed E-state index contributed by atoms with van der Waals surface area (Å²) in [5, 5.41) is 0. The van der Waals surface area contributed by atoms with Crippen LogP contribution in [0.3, 0.4) is 0 Å². The highest BCUT2D eigenvalue weighted by Crippen LogP contribution is 2.27. The van der Waals surface area contributed by atoms with Gasteiger partial charge in [0.15, 0.2) is 18.1 Å². The van der Waals surface area contributed by atoms with E-state index in [9.17, 15) is 9.59 Å². The van der Waals surface area contributed by atoms with Gasteiger partial charge in [0.1, 0.15) is 5.75 Å². The summed E-state index contributed by atoms with van der Waals surface area (Å²) in [4.78, 5) is 24.1. The molecule has 0 fully saturated rings. The summed E-state index contributed by atoms with van der Waals surface area (Å²) in [7, 11) is 1.49. The SMILES string of the molecule is CCOc1ccc(C(=O)NNC(=O)COc2ccc(C)cc2C)cc1OC. The van der Waals surface area contributed by atoms with Gasteiger partial charge < -0.3 is 14.2 Å². The molecule has 7 nitrogen and oxygen atoms in total. The molecule has 27 heavy (non-hydrogen) atoms. The first-order valence-corrected chi connectivity index (χ1v) is 8.54. The number of hydrogen-bond acceptors (Lipinski definition) is 5. The number of nitrogens with one attached hydrogen (secondary N) is 2. The maximum Gasteiger partial charge on any atom is 0.276 e. The summed E-state index contributed by atoms with van der Waals surface area (Å²) in [6.45, 7) is 6.02. The molecule has 144 valence electrons. The Hall–Kier alpha value is -3.22. The van der Waals surface area contributed by atoms with Crippen LogP contribution < -0.4 is 25.1 Å². The summed E-state index contributed by atoms with van der Waals surface area (Å²) in [5.41, 5.74) is 7.05. The van der Waals surface area contributed by atoms with Crippen molar-refractivity contribution < 1.29 is 23.8 Å². The van der Waals surface area contributed by atoms with Gasteiger partial charge in [-0.25, -0.2) is 0 Å². The molecular weight excluding hydrogens is 348 g/mol. The van der Waals surface area contributed by atoms with E-state index < -0.39 is 11.8 Å². The van der Waals surface area contributed by atoms with Crippen molar-refractivity contribution in [2.45, 2.75) is 20.8 Å². The van der Waals surface area contributed by atoms with Gasteiger partial charge in [0, 0.05) is 5.56 Å². The van der Waals surface area contributed by atoms with Crippen molar-refractivity contribution in [1.82, 2.24) is 10.9 Å². The van der Waals surface area contributed by atoms with Crippen molar-refractivity contribution in [3.05, 3.63) is 53.1 Å². The first-order chi connectivity index (χ1) is 12.9. The Kier molecular flexibility index (Phi) is 7.05. The van der Waals surface area contributed by atoms with Crippen LogP contribution in [-0.2, 0) is 4.79 Å². The molecule has 2 aromatic carbocycles. The Morgan fingerprint density at radius 3 is 2.33 bits per heavy atom. The van der Waals surface area contributed by atoms with E-state index in [4.69, 9.17) is 14.2 Å². The minimum atomic E-state index is -0.476. The van der Waals surface area contributed by atoms with Gasteiger partial charge in [0.25, 0.3) is 11.8 Å². The predicted octanol–water partition coefficient (Wildman–Crippen LogP) is 2.55. The van der Waals surface area contributed by atoms with Crippen LogP contribution in [0.5, 0.6) is 17.2 Å². The summed E-state index contributed by atoms with van der Waals surface area (Å²) in [6, 6.07) is 10.4. The molecule has 0 unspecified atom stereocenters. The molecule has 0 aliphatic rings. The highest BCUT2D eigenvalue weighted by Gasteiger charge is 2.12. The van der Waals surface area contributed by atoms with Crippen LogP contribution in [0.2, 0.25) is 0 Å². The van der Waals surface area contributed by atoms with E-state index in [1.54, 1.807) is 18.2 Å². The molecule has 0 saturated carbocycles. The zero-order valence-corrected chi connectivity index (χ0v) is 15.9. The van der Waals surface area contributed by atoms with Gasteiger partial charge in [-0.3, -0.25) is 20.4 Å².